The van der Waals surface area contributed by atoms with Gasteiger partial charge in [-0.1, -0.05) is 37.3 Å². The van der Waals surface area contributed by atoms with Crippen LogP contribution in [0.2, 0.25) is 0 Å². The van der Waals surface area contributed by atoms with Gasteiger partial charge in [-0.25, -0.2) is 0 Å². The average Bonchev–Trinajstić information content (AvgIpc) is 2.77. The Hall–Kier alpha value is -0.780. The predicted octanol–water partition coefficient (Wildman–Crippen LogP) is 3.33. The molecule has 1 fully saturated rings. The average molecular weight is 148 g/mol. The lowest BCUT2D eigenvalue weighted by atomic mass is 10.3. The van der Waals surface area contributed by atoms with Gasteiger partial charge in [-0.05, 0) is 24.7 Å². The van der Waals surface area contributed by atoms with Gasteiger partial charge in [0.05, 0.1) is 0 Å². The van der Waals surface area contributed by atoms with Crippen LogP contribution in [0.25, 0.3) is 0 Å². The summed E-state index contributed by atoms with van der Waals surface area (Å²) >= 11 is 0. The smallest absolute Gasteiger partial charge is 0.0161 e. The van der Waals surface area contributed by atoms with Crippen molar-refractivity contribution in [2.75, 3.05) is 0 Å². The topological polar surface area (TPSA) is 0 Å². The molecule has 11 heavy (non-hydrogen) atoms. The van der Waals surface area contributed by atoms with E-state index >= 15 is 0 Å². The molecule has 0 amide bonds. The molecule has 1 aliphatic carbocycles. The van der Waals surface area contributed by atoms with E-state index in [0.717, 1.165) is 18.3 Å². The standard InChI is InChI=1S/C11H16/c1-3-5-6-7-8-11-9-10(11)4-2/h4-8,10-11H,2-3,9H2,1H3. The third kappa shape index (κ3) is 2.75. The summed E-state index contributed by atoms with van der Waals surface area (Å²) in [4.78, 5) is 0. The highest BCUT2D eigenvalue weighted by atomic mass is 14.3. The fourth-order valence-corrected chi connectivity index (χ4v) is 1.15. The molecule has 0 heterocycles. The molecule has 0 radical (unpaired) electrons. The van der Waals surface area contributed by atoms with Gasteiger partial charge in [0.25, 0.3) is 0 Å². The molecule has 0 nitrogen and oxygen atoms in total. The molecular weight excluding hydrogens is 132 g/mol. The number of hydrogen-bond acceptors (Lipinski definition) is 0. The van der Waals surface area contributed by atoms with Crippen LogP contribution < -0.4 is 0 Å². The molecule has 1 rings (SSSR count). The molecule has 0 spiro atoms. The summed E-state index contributed by atoms with van der Waals surface area (Å²) in [6.07, 6.45) is 13.2. The van der Waals surface area contributed by atoms with Crippen molar-refractivity contribution in [2.24, 2.45) is 11.8 Å². The Labute approximate surface area is 69.3 Å². The molecule has 0 heteroatoms. The summed E-state index contributed by atoms with van der Waals surface area (Å²) < 4.78 is 0. The highest BCUT2D eigenvalue weighted by molar-refractivity contribution is 5.13. The first kappa shape index (κ1) is 8.32. The third-order valence-corrected chi connectivity index (χ3v) is 2.04. The minimum absolute atomic E-state index is 0.765. The van der Waals surface area contributed by atoms with Gasteiger partial charge in [-0.3, -0.25) is 0 Å². The molecular formula is C11H16. The zero-order valence-corrected chi connectivity index (χ0v) is 7.16. The fourth-order valence-electron chi connectivity index (χ4n) is 1.15. The maximum atomic E-state index is 3.77. The van der Waals surface area contributed by atoms with Crippen molar-refractivity contribution in [1.82, 2.24) is 0 Å². The Balaban J connectivity index is 2.17. The van der Waals surface area contributed by atoms with E-state index < -0.39 is 0 Å². The van der Waals surface area contributed by atoms with Crippen LogP contribution in [0.1, 0.15) is 19.8 Å². The molecule has 1 aliphatic rings. The maximum absolute atomic E-state index is 3.77. The second-order valence-electron chi connectivity index (χ2n) is 3.02. The van der Waals surface area contributed by atoms with Gasteiger partial charge in [0.1, 0.15) is 0 Å². The van der Waals surface area contributed by atoms with E-state index in [1.165, 1.54) is 6.42 Å². The first-order valence-electron chi connectivity index (χ1n) is 4.34. The number of hydrogen-bond donors (Lipinski definition) is 0. The van der Waals surface area contributed by atoms with Crippen molar-refractivity contribution < 1.29 is 0 Å². The van der Waals surface area contributed by atoms with Gasteiger partial charge in [0, 0.05) is 0 Å². The number of allylic oxidation sites excluding steroid dienone is 5. The normalized spacial score (nSPS) is 29.9. The Morgan fingerprint density at radius 2 is 2.18 bits per heavy atom. The Bertz CT molecular complexity index is 174. The van der Waals surface area contributed by atoms with Crippen LogP contribution in [0.15, 0.2) is 37.0 Å². The molecule has 1 saturated carbocycles. The van der Waals surface area contributed by atoms with Crippen LogP contribution in [0.5, 0.6) is 0 Å². The summed E-state index contributed by atoms with van der Waals surface area (Å²) in [6, 6.07) is 0. The molecule has 2 unspecified atom stereocenters. The van der Waals surface area contributed by atoms with Crippen LogP contribution in [-0.4, -0.2) is 0 Å². The van der Waals surface area contributed by atoms with E-state index in [-0.39, 0.29) is 0 Å². The molecule has 60 valence electrons. The second kappa shape index (κ2) is 4.17. The van der Waals surface area contributed by atoms with E-state index in [2.05, 4.69) is 43.9 Å². The number of rotatable bonds is 4. The van der Waals surface area contributed by atoms with E-state index in [9.17, 15) is 0 Å². The van der Waals surface area contributed by atoms with Gasteiger partial charge >= 0.3 is 0 Å². The van der Waals surface area contributed by atoms with Crippen molar-refractivity contribution in [1.29, 1.82) is 0 Å². The monoisotopic (exact) mass is 148 g/mol. The predicted molar refractivity (Wildman–Crippen MR) is 50.4 cm³/mol. The molecule has 0 N–H and O–H groups in total. The van der Waals surface area contributed by atoms with Crippen molar-refractivity contribution in [3.05, 3.63) is 37.0 Å². The summed E-state index contributed by atoms with van der Waals surface area (Å²) in [5.41, 5.74) is 0. The summed E-state index contributed by atoms with van der Waals surface area (Å²) in [7, 11) is 0. The Morgan fingerprint density at radius 3 is 2.73 bits per heavy atom. The highest BCUT2D eigenvalue weighted by Crippen LogP contribution is 2.40. The molecule has 0 aromatic heterocycles. The lowest BCUT2D eigenvalue weighted by Crippen LogP contribution is -1.68. The van der Waals surface area contributed by atoms with Gasteiger partial charge < -0.3 is 0 Å². The van der Waals surface area contributed by atoms with Crippen molar-refractivity contribution in [2.45, 2.75) is 19.8 Å². The fraction of sp³-hybridized carbons (Fsp3) is 0.455. The van der Waals surface area contributed by atoms with Gasteiger partial charge in [0.2, 0.25) is 0 Å². The zero-order chi connectivity index (χ0) is 8.10. The summed E-state index contributed by atoms with van der Waals surface area (Å²) in [6.45, 7) is 5.91. The van der Waals surface area contributed by atoms with E-state index in [0.29, 0.717) is 0 Å². The quantitative estimate of drug-likeness (QED) is 0.424. The molecule has 0 aliphatic heterocycles. The lowest BCUT2D eigenvalue weighted by Gasteiger charge is -1.80. The molecule has 2 atom stereocenters. The minimum atomic E-state index is 0.765. The van der Waals surface area contributed by atoms with Gasteiger partial charge in [-0.15, -0.1) is 6.58 Å². The van der Waals surface area contributed by atoms with Crippen LogP contribution in [0.4, 0.5) is 0 Å². The maximum Gasteiger partial charge on any atom is -0.0161 e. The van der Waals surface area contributed by atoms with Crippen molar-refractivity contribution >= 4 is 0 Å². The lowest BCUT2D eigenvalue weighted by molar-refractivity contribution is 0.998. The second-order valence-corrected chi connectivity index (χ2v) is 3.02. The Morgan fingerprint density at radius 1 is 1.36 bits per heavy atom. The Kier molecular flexibility index (Phi) is 3.15. The SMILES string of the molecule is C=CC1CC1C=CC=CCC. The van der Waals surface area contributed by atoms with Crippen LogP contribution in [0.3, 0.4) is 0 Å². The van der Waals surface area contributed by atoms with Crippen LogP contribution >= 0.6 is 0 Å². The van der Waals surface area contributed by atoms with Crippen LogP contribution in [-0.2, 0) is 0 Å². The largest absolute Gasteiger partial charge is 0.103 e. The van der Waals surface area contributed by atoms with Gasteiger partial charge in [-0.2, -0.15) is 0 Å². The van der Waals surface area contributed by atoms with E-state index in [4.69, 9.17) is 0 Å². The van der Waals surface area contributed by atoms with E-state index in [1.54, 1.807) is 0 Å². The van der Waals surface area contributed by atoms with Crippen molar-refractivity contribution in [3.8, 4) is 0 Å². The minimum Gasteiger partial charge on any atom is -0.103 e. The van der Waals surface area contributed by atoms with E-state index in [1.807, 2.05) is 0 Å². The van der Waals surface area contributed by atoms with Crippen LogP contribution in [0, 0.1) is 11.8 Å². The molecule has 0 saturated heterocycles. The highest BCUT2D eigenvalue weighted by Gasteiger charge is 2.30. The molecule has 0 bridgehead atoms. The first-order chi connectivity index (χ1) is 5.38. The molecule has 0 aromatic rings. The first-order valence-corrected chi connectivity index (χ1v) is 4.34. The third-order valence-electron chi connectivity index (χ3n) is 2.04. The summed E-state index contributed by atoms with van der Waals surface area (Å²) in [5.74, 6) is 1.55. The summed E-state index contributed by atoms with van der Waals surface area (Å²) in [5, 5.41) is 0. The molecule has 0 aromatic carbocycles. The van der Waals surface area contributed by atoms with Gasteiger partial charge in [0.15, 0.2) is 0 Å². The zero-order valence-electron chi connectivity index (χ0n) is 7.16. The van der Waals surface area contributed by atoms with Crippen molar-refractivity contribution in [3.63, 3.8) is 0 Å².